The van der Waals surface area contributed by atoms with Crippen molar-refractivity contribution in [1.29, 1.82) is 0 Å². The molecule has 0 amide bonds. The second kappa shape index (κ2) is 4.31. The summed E-state index contributed by atoms with van der Waals surface area (Å²) in [4.78, 5) is 0.204. The van der Waals surface area contributed by atoms with Gasteiger partial charge in [0.15, 0.2) is 0 Å². The molecule has 0 radical (unpaired) electrons. The van der Waals surface area contributed by atoms with Gasteiger partial charge in [0.1, 0.15) is 4.90 Å². The fourth-order valence-electron chi connectivity index (χ4n) is 1.97. The van der Waals surface area contributed by atoms with Crippen molar-refractivity contribution in [3.63, 3.8) is 0 Å². The third kappa shape index (κ3) is 2.45. The number of benzene rings is 1. The Labute approximate surface area is 102 Å². The number of rotatable bonds is 4. The van der Waals surface area contributed by atoms with Crippen LogP contribution < -0.4 is 5.73 Å². The molecule has 2 rings (SSSR count). The zero-order valence-electron chi connectivity index (χ0n) is 10.1. The third-order valence-electron chi connectivity index (χ3n) is 3.37. The van der Waals surface area contributed by atoms with E-state index in [0.717, 1.165) is 6.42 Å². The van der Waals surface area contributed by atoms with Crippen LogP contribution in [0.3, 0.4) is 0 Å². The second-order valence-corrected chi connectivity index (χ2v) is 6.81. The largest absolute Gasteiger partial charge is 0.398 e. The predicted molar refractivity (Wildman–Crippen MR) is 67.9 cm³/mol. The smallest absolute Gasteiger partial charge is 0.244 e. The molecular formula is C12H18N2O2S. The summed E-state index contributed by atoms with van der Waals surface area (Å²) in [7, 11) is -1.82. The van der Waals surface area contributed by atoms with Gasteiger partial charge in [-0.3, -0.25) is 0 Å². The number of anilines is 1. The molecule has 0 aromatic heterocycles. The van der Waals surface area contributed by atoms with E-state index in [-0.39, 0.29) is 4.90 Å². The van der Waals surface area contributed by atoms with Crippen molar-refractivity contribution >= 4 is 15.7 Å². The van der Waals surface area contributed by atoms with Gasteiger partial charge in [0, 0.05) is 13.6 Å². The Morgan fingerprint density at radius 3 is 2.53 bits per heavy atom. The third-order valence-corrected chi connectivity index (χ3v) is 5.27. The van der Waals surface area contributed by atoms with Crippen molar-refractivity contribution in [2.75, 3.05) is 19.3 Å². The first-order chi connectivity index (χ1) is 7.93. The molecule has 2 N–H and O–H groups in total. The molecule has 1 aromatic carbocycles. The van der Waals surface area contributed by atoms with Crippen LogP contribution in [0, 0.1) is 11.8 Å². The van der Waals surface area contributed by atoms with E-state index in [9.17, 15) is 8.42 Å². The lowest BCUT2D eigenvalue weighted by Crippen LogP contribution is -2.29. The molecule has 17 heavy (non-hydrogen) atoms. The standard InChI is InChI=1S/C12H18N2O2S/c1-9-7-10(9)8-14(2)17(15,16)12-6-4-3-5-11(12)13/h3-6,9-10H,7-8,13H2,1-2H3. The first kappa shape index (κ1) is 12.4. The molecule has 0 bridgehead atoms. The van der Waals surface area contributed by atoms with Crippen LogP contribution in [-0.2, 0) is 10.0 Å². The van der Waals surface area contributed by atoms with E-state index in [2.05, 4.69) is 6.92 Å². The number of nitrogens with zero attached hydrogens (tertiary/aromatic N) is 1. The van der Waals surface area contributed by atoms with Crippen LogP contribution in [0.2, 0.25) is 0 Å². The number of sulfonamides is 1. The molecule has 4 nitrogen and oxygen atoms in total. The van der Waals surface area contributed by atoms with Gasteiger partial charge < -0.3 is 5.73 Å². The van der Waals surface area contributed by atoms with E-state index in [1.165, 1.54) is 4.31 Å². The molecule has 2 atom stereocenters. The Kier molecular flexibility index (Phi) is 3.14. The molecule has 1 aliphatic carbocycles. The lowest BCUT2D eigenvalue weighted by molar-refractivity contribution is 0.445. The van der Waals surface area contributed by atoms with Crippen molar-refractivity contribution < 1.29 is 8.42 Å². The fourth-order valence-corrected chi connectivity index (χ4v) is 3.31. The highest BCUT2D eigenvalue weighted by Crippen LogP contribution is 2.38. The van der Waals surface area contributed by atoms with E-state index < -0.39 is 10.0 Å². The summed E-state index contributed by atoms with van der Waals surface area (Å²) < 4.78 is 25.9. The summed E-state index contributed by atoms with van der Waals surface area (Å²) in [5.74, 6) is 1.14. The summed E-state index contributed by atoms with van der Waals surface area (Å²) in [6.07, 6.45) is 1.12. The topological polar surface area (TPSA) is 63.4 Å². The molecule has 0 aliphatic heterocycles. The number of nitrogens with two attached hydrogens (primary N) is 1. The van der Waals surface area contributed by atoms with E-state index in [1.807, 2.05) is 0 Å². The average Bonchev–Trinajstić information content (AvgIpc) is 2.94. The number of para-hydroxylation sites is 1. The summed E-state index contributed by atoms with van der Waals surface area (Å²) in [5.41, 5.74) is 6.02. The molecule has 0 saturated heterocycles. The van der Waals surface area contributed by atoms with Gasteiger partial charge in [-0.2, -0.15) is 0 Å². The summed E-state index contributed by atoms with van der Waals surface area (Å²) in [6, 6.07) is 6.59. The molecule has 5 heteroatoms. The van der Waals surface area contributed by atoms with E-state index >= 15 is 0 Å². The molecule has 0 spiro atoms. The van der Waals surface area contributed by atoms with Crippen LogP contribution in [0.1, 0.15) is 13.3 Å². The first-order valence-electron chi connectivity index (χ1n) is 5.73. The van der Waals surface area contributed by atoms with Gasteiger partial charge in [-0.25, -0.2) is 12.7 Å². The minimum Gasteiger partial charge on any atom is -0.398 e. The molecule has 1 aliphatic rings. The maximum Gasteiger partial charge on any atom is 0.244 e. The Morgan fingerprint density at radius 2 is 2.00 bits per heavy atom. The average molecular weight is 254 g/mol. The fraction of sp³-hybridized carbons (Fsp3) is 0.500. The zero-order chi connectivity index (χ0) is 12.6. The van der Waals surface area contributed by atoms with E-state index in [4.69, 9.17) is 5.73 Å². The van der Waals surface area contributed by atoms with Gasteiger partial charge in [-0.15, -0.1) is 0 Å². The molecule has 1 fully saturated rings. The van der Waals surface area contributed by atoms with E-state index in [1.54, 1.807) is 31.3 Å². The molecule has 0 heterocycles. The highest BCUT2D eigenvalue weighted by Gasteiger charge is 2.36. The van der Waals surface area contributed by atoms with Crippen LogP contribution in [0.15, 0.2) is 29.2 Å². The number of hydrogen-bond donors (Lipinski definition) is 1. The molecule has 1 saturated carbocycles. The van der Waals surface area contributed by atoms with E-state index in [0.29, 0.717) is 24.1 Å². The Bertz CT molecular complexity index is 513. The maximum absolute atomic E-state index is 12.3. The van der Waals surface area contributed by atoms with Gasteiger partial charge >= 0.3 is 0 Å². The minimum atomic E-state index is -3.44. The monoisotopic (exact) mass is 254 g/mol. The van der Waals surface area contributed by atoms with Gasteiger partial charge in [-0.05, 0) is 30.4 Å². The normalized spacial score (nSPS) is 23.9. The van der Waals surface area contributed by atoms with Crippen LogP contribution in [0.5, 0.6) is 0 Å². The van der Waals surface area contributed by atoms with Gasteiger partial charge in [-0.1, -0.05) is 19.1 Å². The zero-order valence-corrected chi connectivity index (χ0v) is 10.9. The SMILES string of the molecule is CC1CC1CN(C)S(=O)(=O)c1ccccc1N. The van der Waals surface area contributed by atoms with Crippen LogP contribution >= 0.6 is 0 Å². The quantitative estimate of drug-likeness (QED) is 0.829. The summed E-state index contributed by atoms with van der Waals surface area (Å²) >= 11 is 0. The molecular weight excluding hydrogens is 236 g/mol. The molecule has 94 valence electrons. The van der Waals surface area contributed by atoms with Gasteiger partial charge in [0.25, 0.3) is 0 Å². The lowest BCUT2D eigenvalue weighted by atomic mass is 10.3. The Balaban J connectivity index is 2.21. The van der Waals surface area contributed by atoms with Gasteiger partial charge in [0.05, 0.1) is 5.69 Å². The van der Waals surface area contributed by atoms with Crippen molar-refractivity contribution in [3.05, 3.63) is 24.3 Å². The van der Waals surface area contributed by atoms with Crippen LogP contribution in [0.25, 0.3) is 0 Å². The minimum absolute atomic E-state index is 0.204. The summed E-state index contributed by atoms with van der Waals surface area (Å²) in [6.45, 7) is 2.72. The maximum atomic E-state index is 12.3. The van der Waals surface area contributed by atoms with Crippen molar-refractivity contribution in [1.82, 2.24) is 4.31 Å². The van der Waals surface area contributed by atoms with Crippen LogP contribution in [0.4, 0.5) is 5.69 Å². The van der Waals surface area contributed by atoms with Crippen molar-refractivity contribution in [2.24, 2.45) is 11.8 Å². The van der Waals surface area contributed by atoms with Crippen LogP contribution in [-0.4, -0.2) is 26.3 Å². The van der Waals surface area contributed by atoms with Crippen molar-refractivity contribution in [3.8, 4) is 0 Å². The van der Waals surface area contributed by atoms with Gasteiger partial charge in [0.2, 0.25) is 10.0 Å². The number of nitrogen functional groups attached to an aromatic ring is 1. The first-order valence-corrected chi connectivity index (χ1v) is 7.17. The highest BCUT2D eigenvalue weighted by molar-refractivity contribution is 7.89. The molecule has 1 aromatic rings. The predicted octanol–water partition coefficient (Wildman–Crippen LogP) is 1.55. The lowest BCUT2D eigenvalue weighted by Gasteiger charge is -2.18. The summed E-state index contributed by atoms with van der Waals surface area (Å²) in [5, 5.41) is 0. The highest BCUT2D eigenvalue weighted by atomic mass is 32.2. The second-order valence-electron chi connectivity index (χ2n) is 4.80. The molecule has 2 unspecified atom stereocenters. The number of hydrogen-bond acceptors (Lipinski definition) is 3. The Morgan fingerprint density at radius 1 is 1.41 bits per heavy atom. The Hall–Kier alpha value is -1.07. The van der Waals surface area contributed by atoms with Crippen molar-refractivity contribution in [2.45, 2.75) is 18.2 Å².